The monoisotopic (exact) mass is 477 g/mol. The first-order valence-corrected chi connectivity index (χ1v) is 12.0. The number of ether oxygens (including phenoxy) is 2. The fraction of sp³-hybridized carbons (Fsp3) is 0.423. The van der Waals surface area contributed by atoms with E-state index in [-0.39, 0.29) is 11.9 Å². The van der Waals surface area contributed by atoms with E-state index in [9.17, 15) is 4.39 Å². The first-order chi connectivity index (χ1) is 17.0. The minimum Gasteiger partial charge on any atom is -0.480 e. The molecule has 2 aliphatic rings. The molecule has 1 N–H and O–H groups in total. The van der Waals surface area contributed by atoms with Gasteiger partial charge in [0.05, 0.1) is 36.9 Å². The van der Waals surface area contributed by atoms with E-state index in [1.54, 1.807) is 13.2 Å². The lowest BCUT2D eigenvalue weighted by Crippen LogP contribution is -2.34. The molecule has 2 aliphatic heterocycles. The van der Waals surface area contributed by atoms with E-state index in [4.69, 9.17) is 18.9 Å². The summed E-state index contributed by atoms with van der Waals surface area (Å²) in [5, 5.41) is 13.6. The minimum absolute atomic E-state index is 0.210. The van der Waals surface area contributed by atoms with Gasteiger partial charge in [-0.1, -0.05) is 12.1 Å². The van der Waals surface area contributed by atoms with Crippen LogP contribution in [0, 0.1) is 18.7 Å². The Morgan fingerprint density at radius 1 is 1.26 bits per heavy atom. The molecule has 0 amide bonds. The highest BCUT2D eigenvalue weighted by Crippen LogP contribution is 2.40. The number of nitrogens with one attached hydrogen (secondary N) is 1. The van der Waals surface area contributed by atoms with Gasteiger partial charge in [-0.3, -0.25) is 0 Å². The van der Waals surface area contributed by atoms with Crippen LogP contribution in [0.5, 0.6) is 5.88 Å². The highest BCUT2D eigenvalue weighted by Gasteiger charge is 2.36. The van der Waals surface area contributed by atoms with E-state index in [1.165, 1.54) is 0 Å². The Kier molecular flexibility index (Phi) is 5.44. The fourth-order valence-electron chi connectivity index (χ4n) is 5.45. The number of rotatable bonds is 5. The highest BCUT2D eigenvalue weighted by molar-refractivity contribution is 5.94. The van der Waals surface area contributed by atoms with Crippen molar-refractivity contribution in [2.24, 2.45) is 5.92 Å². The zero-order chi connectivity index (χ0) is 24.1. The summed E-state index contributed by atoms with van der Waals surface area (Å²) in [6, 6.07) is 7.65. The number of aromatic nitrogens is 3. The average molecular weight is 478 g/mol. The molecule has 2 saturated heterocycles. The molecular formula is C26H28FN5O3. The maximum absolute atomic E-state index is 14.1. The molecule has 5 heterocycles. The van der Waals surface area contributed by atoms with Crippen molar-refractivity contribution in [2.45, 2.75) is 38.8 Å². The molecule has 3 aromatic heterocycles. The number of fused-ring (bicyclic) bond motifs is 4. The summed E-state index contributed by atoms with van der Waals surface area (Å²) >= 11 is 0. The summed E-state index contributed by atoms with van der Waals surface area (Å²) in [6.07, 6.45) is 3.33. The number of anilines is 2. The fourth-order valence-corrected chi connectivity index (χ4v) is 5.45. The predicted molar refractivity (Wildman–Crippen MR) is 132 cm³/mol. The van der Waals surface area contributed by atoms with Crippen LogP contribution in [0.1, 0.15) is 37.1 Å². The van der Waals surface area contributed by atoms with Crippen LogP contribution in [0.15, 0.2) is 34.9 Å². The molecule has 2 unspecified atom stereocenters. The topological polar surface area (TPSA) is 85.5 Å². The second-order valence-electron chi connectivity index (χ2n) is 9.49. The van der Waals surface area contributed by atoms with Crippen LogP contribution in [0.25, 0.3) is 21.9 Å². The first kappa shape index (κ1) is 22.0. The van der Waals surface area contributed by atoms with Crippen molar-refractivity contribution in [2.75, 3.05) is 37.1 Å². The van der Waals surface area contributed by atoms with Crippen molar-refractivity contribution in [1.82, 2.24) is 15.2 Å². The maximum Gasteiger partial charge on any atom is 0.237 e. The molecule has 35 heavy (non-hydrogen) atoms. The molecule has 2 fully saturated rings. The third-order valence-electron chi connectivity index (χ3n) is 7.25. The van der Waals surface area contributed by atoms with Gasteiger partial charge in [0.2, 0.25) is 5.88 Å². The van der Waals surface area contributed by atoms with Crippen LogP contribution < -0.4 is 15.0 Å². The molecule has 0 aliphatic carbocycles. The number of pyridine rings is 1. The molecule has 2 bridgehead atoms. The molecule has 1 aromatic carbocycles. The second-order valence-corrected chi connectivity index (χ2v) is 9.49. The number of hydrogen-bond donors (Lipinski definition) is 1. The van der Waals surface area contributed by atoms with Crippen LogP contribution in [0.3, 0.4) is 0 Å². The van der Waals surface area contributed by atoms with Crippen molar-refractivity contribution in [1.29, 1.82) is 0 Å². The number of nitrogens with zero attached hydrogens (tertiary/aromatic N) is 4. The molecule has 6 rings (SSSR count). The van der Waals surface area contributed by atoms with Gasteiger partial charge in [-0.05, 0) is 44.7 Å². The second kappa shape index (κ2) is 8.64. The lowest BCUT2D eigenvalue weighted by molar-refractivity contribution is 0.125. The number of para-hydroxylation sites is 1. The Morgan fingerprint density at radius 2 is 2.14 bits per heavy atom. The first-order valence-electron chi connectivity index (χ1n) is 12.0. The van der Waals surface area contributed by atoms with Crippen molar-refractivity contribution in [3.8, 4) is 5.88 Å². The van der Waals surface area contributed by atoms with Gasteiger partial charge in [0.25, 0.3) is 0 Å². The smallest absolute Gasteiger partial charge is 0.237 e. The van der Waals surface area contributed by atoms with Crippen LogP contribution in [-0.4, -0.2) is 48.1 Å². The van der Waals surface area contributed by atoms with E-state index in [0.717, 1.165) is 60.1 Å². The zero-order valence-electron chi connectivity index (χ0n) is 20.0. The summed E-state index contributed by atoms with van der Waals surface area (Å²) in [5.74, 6) is 1.42. The van der Waals surface area contributed by atoms with Crippen LogP contribution in [0.2, 0.25) is 0 Å². The molecule has 3 atom stereocenters. The predicted octanol–water partition coefficient (Wildman–Crippen LogP) is 5.02. The number of benzene rings is 1. The molecular weight excluding hydrogens is 449 g/mol. The molecule has 0 radical (unpaired) electrons. The average Bonchev–Trinajstić information content (AvgIpc) is 3.36. The molecule has 8 nitrogen and oxygen atoms in total. The SMILES string of the molecule is COc1nc2c(C)nnc(N[C@H](C)c3cccc4c(F)coc34)c2cc1N1CC2CCOCC1C2. The van der Waals surface area contributed by atoms with Gasteiger partial charge < -0.3 is 24.1 Å². The third-order valence-corrected chi connectivity index (χ3v) is 7.25. The standard InChI is InChI=1S/C26H28FN5O3/c1-14(18-5-4-6-19-21(27)13-35-24(18)19)28-25-20-10-22(26(33-3)29-23(20)15(2)30-31-25)32-11-16-7-8-34-12-17(32)9-16/h4-6,10,13-14,16-17H,7-9,11-12H2,1-3H3,(H,28,31)/t14-,16?,17?/m1/s1. The van der Waals surface area contributed by atoms with Crippen molar-refractivity contribution < 1.29 is 18.3 Å². The highest BCUT2D eigenvalue weighted by atomic mass is 19.1. The van der Waals surface area contributed by atoms with E-state index in [2.05, 4.69) is 26.5 Å². The Balaban J connectivity index is 1.42. The number of hydrogen-bond acceptors (Lipinski definition) is 8. The zero-order valence-corrected chi connectivity index (χ0v) is 20.0. The molecule has 9 heteroatoms. The Labute approximate surface area is 202 Å². The van der Waals surface area contributed by atoms with E-state index >= 15 is 0 Å². The van der Waals surface area contributed by atoms with E-state index < -0.39 is 0 Å². The quantitative estimate of drug-likeness (QED) is 0.429. The van der Waals surface area contributed by atoms with Crippen molar-refractivity contribution in [3.63, 3.8) is 0 Å². The van der Waals surface area contributed by atoms with Gasteiger partial charge >= 0.3 is 0 Å². The Hall–Kier alpha value is -3.46. The molecule has 182 valence electrons. The molecule has 0 spiro atoms. The minimum atomic E-state index is -0.369. The summed E-state index contributed by atoms with van der Waals surface area (Å²) in [6.45, 7) is 6.37. The molecule has 4 aromatic rings. The molecule has 0 saturated carbocycles. The van der Waals surface area contributed by atoms with Crippen molar-refractivity contribution in [3.05, 3.63) is 47.6 Å². The van der Waals surface area contributed by atoms with Crippen LogP contribution in [0.4, 0.5) is 15.9 Å². The van der Waals surface area contributed by atoms with Gasteiger partial charge in [0.15, 0.2) is 11.6 Å². The van der Waals surface area contributed by atoms with Gasteiger partial charge in [-0.25, -0.2) is 9.37 Å². The lowest BCUT2D eigenvalue weighted by atomic mass is 10.0. The summed E-state index contributed by atoms with van der Waals surface area (Å²) < 4.78 is 31.2. The van der Waals surface area contributed by atoms with E-state index in [0.29, 0.717) is 41.2 Å². The van der Waals surface area contributed by atoms with E-state index in [1.807, 2.05) is 26.0 Å². The Morgan fingerprint density at radius 3 is 3.00 bits per heavy atom. The van der Waals surface area contributed by atoms with Gasteiger partial charge in [0, 0.05) is 24.1 Å². The van der Waals surface area contributed by atoms with Gasteiger partial charge in [-0.15, -0.1) is 5.10 Å². The summed E-state index contributed by atoms with van der Waals surface area (Å²) in [4.78, 5) is 7.22. The van der Waals surface area contributed by atoms with Crippen LogP contribution in [-0.2, 0) is 4.74 Å². The summed E-state index contributed by atoms with van der Waals surface area (Å²) in [5.41, 5.74) is 3.75. The maximum atomic E-state index is 14.1. The third kappa shape index (κ3) is 3.74. The summed E-state index contributed by atoms with van der Waals surface area (Å²) in [7, 11) is 1.65. The Bertz CT molecular complexity index is 1410. The van der Waals surface area contributed by atoms with Gasteiger partial charge in [-0.2, -0.15) is 5.10 Å². The normalized spacial score (nSPS) is 20.9. The lowest BCUT2D eigenvalue weighted by Gasteiger charge is -2.29. The number of aryl methyl sites for hydroxylation is 1. The number of methoxy groups -OCH3 is 1. The van der Waals surface area contributed by atoms with Crippen molar-refractivity contribution >= 4 is 33.4 Å². The van der Waals surface area contributed by atoms with Gasteiger partial charge in [0.1, 0.15) is 23.1 Å². The largest absolute Gasteiger partial charge is 0.480 e. The number of furan rings is 1. The number of halogens is 1. The van der Waals surface area contributed by atoms with Crippen LogP contribution >= 0.6 is 0 Å².